The van der Waals surface area contributed by atoms with Gasteiger partial charge < -0.3 is 13.9 Å². The van der Waals surface area contributed by atoms with Gasteiger partial charge in [-0.05, 0) is 46.0 Å². The molecule has 1 aliphatic heterocycles. The van der Waals surface area contributed by atoms with Crippen LogP contribution in [0.1, 0.15) is 70.7 Å². The number of hydrogen-bond acceptors (Lipinski definition) is 3. The summed E-state index contributed by atoms with van der Waals surface area (Å²) in [6, 6.07) is 0.0738. The number of imidazole rings is 1. The third-order valence-electron chi connectivity index (χ3n) is 5.41. The maximum absolute atomic E-state index is 13.3. The van der Waals surface area contributed by atoms with Crippen LogP contribution in [0.15, 0.2) is 10.6 Å². The van der Waals surface area contributed by atoms with E-state index < -0.39 is 0 Å². The summed E-state index contributed by atoms with van der Waals surface area (Å²) in [5, 5.41) is 0. The van der Waals surface area contributed by atoms with Crippen molar-refractivity contribution in [1.29, 1.82) is 0 Å². The van der Waals surface area contributed by atoms with Crippen molar-refractivity contribution in [3.05, 3.63) is 40.4 Å². The van der Waals surface area contributed by atoms with Gasteiger partial charge in [-0.3, -0.25) is 4.79 Å². The lowest BCUT2D eigenvalue weighted by molar-refractivity contribution is 0.0725. The molecule has 3 heterocycles. The van der Waals surface area contributed by atoms with E-state index in [1.165, 1.54) is 0 Å². The highest BCUT2D eigenvalue weighted by atomic mass is 16.3. The Morgan fingerprint density at radius 3 is 2.79 bits per heavy atom. The fraction of sp³-hybridized carbons (Fsp3) is 0.579. The van der Waals surface area contributed by atoms with Crippen molar-refractivity contribution in [3.8, 4) is 0 Å². The van der Waals surface area contributed by atoms with Crippen LogP contribution in [-0.2, 0) is 19.9 Å². The number of furan rings is 1. The van der Waals surface area contributed by atoms with Crippen molar-refractivity contribution in [3.63, 3.8) is 0 Å². The van der Waals surface area contributed by atoms with E-state index in [0.717, 1.165) is 79.2 Å². The molecule has 1 amide bonds. The molecular weight excluding hydrogens is 302 g/mol. The van der Waals surface area contributed by atoms with Crippen molar-refractivity contribution in [2.45, 2.75) is 58.4 Å². The van der Waals surface area contributed by atoms with Crippen molar-refractivity contribution >= 4 is 5.91 Å². The fourth-order valence-electron chi connectivity index (χ4n) is 4.35. The van der Waals surface area contributed by atoms with Gasteiger partial charge in [-0.25, -0.2) is 4.98 Å². The predicted octanol–water partition coefficient (Wildman–Crippen LogP) is 3.49. The van der Waals surface area contributed by atoms with E-state index in [2.05, 4.69) is 9.55 Å². The van der Waals surface area contributed by atoms with Gasteiger partial charge in [0.15, 0.2) is 0 Å². The highest BCUT2D eigenvalue weighted by Crippen LogP contribution is 2.36. The van der Waals surface area contributed by atoms with Gasteiger partial charge in [0.2, 0.25) is 0 Å². The van der Waals surface area contributed by atoms with Crippen molar-refractivity contribution < 1.29 is 9.21 Å². The number of fused-ring (bicyclic) bond motifs is 1. The van der Waals surface area contributed by atoms with E-state index in [1.54, 1.807) is 0 Å². The monoisotopic (exact) mass is 327 g/mol. The number of carbonyl (C=O) groups excluding carboxylic acids is 1. The number of likely N-dealkylation sites (tertiary alicyclic amines) is 1. The van der Waals surface area contributed by atoms with E-state index in [1.807, 2.05) is 32.0 Å². The molecule has 1 fully saturated rings. The molecule has 5 heteroatoms. The van der Waals surface area contributed by atoms with Gasteiger partial charge in [-0.1, -0.05) is 0 Å². The van der Waals surface area contributed by atoms with Crippen LogP contribution in [0.2, 0.25) is 0 Å². The number of amides is 1. The minimum atomic E-state index is 0.0738. The molecule has 0 aromatic carbocycles. The molecule has 4 rings (SSSR count). The summed E-state index contributed by atoms with van der Waals surface area (Å²) < 4.78 is 7.98. The van der Waals surface area contributed by atoms with Crippen molar-refractivity contribution in [1.82, 2.24) is 14.5 Å². The summed E-state index contributed by atoms with van der Waals surface area (Å²) in [6.07, 6.45) is 8.28. The average Bonchev–Trinajstić information content (AvgIpc) is 3.22. The van der Waals surface area contributed by atoms with Crippen LogP contribution < -0.4 is 0 Å². The van der Waals surface area contributed by atoms with Crippen LogP contribution >= 0.6 is 0 Å². The molecule has 5 nitrogen and oxygen atoms in total. The van der Waals surface area contributed by atoms with Crippen LogP contribution in [0, 0.1) is 13.8 Å². The van der Waals surface area contributed by atoms with Gasteiger partial charge in [0.1, 0.15) is 17.3 Å². The SMILES string of the molecule is Cc1cn(C)c(C2CCCN2C(=O)c2c(C)oc3c2CCCC3)n1. The maximum atomic E-state index is 13.3. The van der Waals surface area contributed by atoms with Crippen LogP contribution in [0.25, 0.3) is 0 Å². The summed E-state index contributed by atoms with van der Waals surface area (Å²) in [4.78, 5) is 20.0. The zero-order chi connectivity index (χ0) is 16.8. The second-order valence-corrected chi connectivity index (χ2v) is 7.15. The molecule has 0 N–H and O–H groups in total. The van der Waals surface area contributed by atoms with Crippen molar-refractivity contribution in [2.24, 2.45) is 7.05 Å². The Kier molecular flexibility index (Phi) is 3.74. The first kappa shape index (κ1) is 15.5. The van der Waals surface area contributed by atoms with Crippen LogP contribution in [-0.4, -0.2) is 26.9 Å². The number of nitrogens with zero attached hydrogens (tertiary/aromatic N) is 3. The Morgan fingerprint density at radius 2 is 2.04 bits per heavy atom. The van der Waals surface area contributed by atoms with E-state index in [9.17, 15) is 4.79 Å². The highest BCUT2D eigenvalue weighted by Gasteiger charge is 2.36. The third-order valence-corrected chi connectivity index (χ3v) is 5.41. The molecule has 128 valence electrons. The predicted molar refractivity (Wildman–Crippen MR) is 91.0 cm³/mol. The lowest BCUT2D eigenvalue weighted by Crippen LogP contribution is -2.32. The largest absolute Gasteiger partial charge is 0.465 e. The Morgan fingerprint density at radius 1 is 1.25 bits per heavy atom. The average molecular weight is 327 g/mol. The molecule has 1 saturated heterocycles. The molecule has 24 heavy (non-hydrogen) atoms. The number of carbonyl (C=O) groups is 1. The first-order valence-corrected chi connectivity index (χ1v) is 8.98. The second-order valence-electron chi connectivity index (χ2n) is 7.15. The van der Waals surface area contributed by atoms with E-state index in [4.69, 9.17) is 4.42 Å². The van der Waals surface area contributed by atoms with E-state index >= 15 is 0 Å². The standard InChI is InChI=1S/C19H25N3O2/c1-12-11-21(3)18(20-12)15-8-6-10-22(15)19(23)17-13(2)24-16-9-5-4-7-14(16)17/h11,15H,4-10H2,1-3H3. The molecule has 1 aliphatic carbocycles. The van der Waals surface area contributed by atoms with Gasteiger partial charge in [-0.2, -0.15) is 0 Å². The molecule has 1 unspecified atom stereocenters. The van der Waals surface area contributed by atoms with Gasteiger partial charge in [0, 0.05) is 31.8 Å². The molecule has 0 bridgehead atoms. The quantitative estimate of drug-likeness (QED) is 0.848. The first-order chi connectivity index (χ1) is 11.6. The van der Waals surface area contributed by atoms with Gasteiger partial charge in [-0.15, -0.1) is 0 Å². The van der Waals surface area contributed by atoms with Crippen LogP contribution in [0.3, 0.4) is 0 Å². The summed E-state index contributed by atoms with van der Waals surface area (Å²) >= 11 is 0. The smallest absolute Gasteiger partial charge is 0.258 e. The Labute approximate surface area is 142 Å². The molecule has 2 aliphatic rings. The lowest BCUT2D eigenvalue weighted by atomic mass is 9.94. The second kappa shape index (κ2) is 5.80. The van der Waals surface area contributed by atoms with E-state index in [-0.39, 0.29) is 11.9 Å². The summed E-state index contributed by atoms with van der Waals surface area (Å²) in [7, 11) is 2.02. The molecule has 2 aromatic rings. The Hall–Kier alpha value is -2.04. The summed E-state index contributed by atoms with van der Waals surface area (Å²) in [6.45, 7) is 4.73. The topological polar surface area (TPSA) is 51.3 Å². The maximum Gasteiger partial charge on any atom is 0.258 e. The molecule has 0 saturated carbocycles. The molecule has 1 atom stereocenters. The molecule has 0 radical (unpaired) electrons. The zero-order valence-corrected chi connectivity index (χ0v) is 14.8. The fourth-order valence-corrected chi connectivity index (χ4v) is 4.35. The number of hydrogen-bond donors (Lipinski definition) is 0. The van der Waals surface area contributed by atoms with Crippen LogP contribution in [0.4, 0.5) is 0 Å². The number of aryl methyl sites for hydroxylation is 4. The minimum absolute atomic E-state index is 0.0738. The summed E-state index contributed by atoms with van der Waals surface area (Å²) in [5.74, 6) is 2.94. The summed E-state index contributed by atoms with van der Waals surface area (Å²) in [5.41, 5.74) is 2.98. The van der Waals surface area contributed by atoms with Gasteiger partial charge in [0.25, 0.3) is 5.91 Å². The Balaban J connectivity index is 1.69. The highest BCUT2D eigenvalue weighted by molar-refractivity contribution is 5.97. The molecule has 0 spiro atoms. The lowest BCUT2D eigenvalue weighted by Gasteiger charge is -2.25. The number of aromatic nitrogens is 2. The van der Waals surface area contributed by atoms with Crippen molar-refractivity contribution in [2.75, 3.05) is 6.54 Å². The van der Waals surface area contributed by atoms with E-state index in [0.29, 0.717) is 0 Å². The van der Waals surface area contributed by atoms with Crippen LogP contribution in [0.5, 0.6) is 0 Å². The molecular formula is C19H25N3O2. The van der Waals surface area contributed by atoms with Gasteiger partial charge in [0.05, 0.1) is 17.3 Å². The Bertz CT molecular complexity index is 787. The molecule has 2 aromatic heterocycles. The third kappa shape index (κ3) is 2.38. The normalized spacial score (nSPS) is 20.5. The first-order valence-electron chi connectivity index (χ1n) is 8.98. The van der Waals surface area contributed by atoms with Gasteiger partial charge >= 0.3 is 0 Å². The zero-order valence-electron chi connectivity index (χ0n) is 14.8. The number of rotatable bonds is 2. The minimum Gasteiger partial charge on any atom is -0.465 e.